The van der Waals surface area contributed by atoms with Gasteiger partial charge in [0, 0.05) is 0 Å². The van der Waals surface area contributed by atoms with Gasteiger partial charge in [0.25, 0.3) is 0 Å². The Bertz CT molecular complexity index is 256. The predicted octanol–water partition coefficient (Wildman–Crippen LogP) is 2.46. The van der Waals surface area contributed by atoms with Crippen LogP contribution in [0.4, 0.5) is 0 Å². The van der Waals surface area contributed by atoms with Crippen LogP contribution in [-0.4, -0.2) is 6.66 Å². The molecular weight excluding hydrogens is 192 g/mol. The topological polar surface area (TPSA) is 71.4 Å². The third kappa shape index (κ3) is 1.50. The van der Waals surface area contributed by atoms with Crippen LogP contribution in [0.1, 0.15) is 0 Å². The summed E-state index contributed by atoms with van der Waals surface area (Å²) < 4.78 is -4.91. The van der Waals surface area contributed by atoms with Crippen LogP contribution in [0, 0.1) is 33.2 Å². The van der Waals surface area contributed by atoms with Gasteiger partial charge in [0.15, 0.2) is 0 Å². The average molecular weight is 195 g/mol. The van der Waals surface area contributed by atoms with Gasteiger partial charge in [0.05, 0.1) is 0 Å². The number of rotatable bonds is 0. The molecule has 0 heterocycles. The van der Waals surface area contributed by atoms with Gasteiger partial charge in [-0.2, -0.15) is 0 Å². The molecule has 6 heteroatoms. The Morgan fingerprint density at radius 1 is 1.00 bits per heavy atom. The van der Waals surface area contributed by atoms with Gasteiger partial charge in [-0.3, -0.25) is 0 Å². The van der Waals surface area contributed by atoms with Gasteiger partial charge >= 0.3 is 67.0 Å². The van der Waals surface area contributed by atoms with Crippen LogP contribution in [-0.2, 0) is 0 Å². The standard InChI is InChI=1S/C4H3Cl2N3P/c1-10(5,6,2-7,3-8)4-9/h1H3/q-1. The zero-order chi connectivity index (χ0) is 8.53. The van der Waals surface area contributed by atoms with Crippen molar-refractivity contribution in [3.63, 3.8) is 0 Å². The van der Waals surface area contributed by atoms with Gasteiger partial charge in [-0.05, 0) is 0 Å². The normalized spacial score (nSPS) is 16.8. The fourth-order valence-electron chi connectivity index (χ4n) is 0.0671. The van der Waals surface area contributed by atoms with Crippen LogP contribution in [0.25, 0.3) is 0 Å². The third-order valence-corrected chi connectivity index (χ3v) is 3.84. The van der Waals surface area contributed by atoms with Crippen LogP contribution in [0.5, 0.6) is 0 Å². The zero-order valence-electron chi connectivity index (χ0n) is 5.04. The SMILES string of the molecule is C[P-](Cl)(Cl)(C#N)(C#N)C#N. The summed E-state index contributed by atoms with van der Waals surface area (Å²) >= 11 is 10.8. The average Bonchev–Trinajstić information content (AvgIpc) is 1.90. The first-order chi connectivity index (χ1) is 4.21. The quantitative estimate of drug-likeness (QED) is 0.557. The summed E-state index contributed by atoms with van der Waals surface area (Å²) in [5.74, 6) is 4.13. The van der Waals surface area contributed by atoms with Gasteiger partial charge < -0.3 is 0 Å². The van der Waals surface area contributed by atoms with Crippen molar-refractivity contribution < 1.29 is 0 Å². The molecule has 54 valence electrons. The molecule has 0 N–H and O–H groups in total. The molecule has 0 atom stereocenters. The van der Waals surface area contributed by atoms with Crippen LogP contribution < -0.4 is 0 Å². The maximum absolute atomic E-state index is 8.41. The zero-order valence-corrected chi connectivity index (χ0v) is 7.45. The van der Waals surface area contributed by atoms with Crippen molar-refractivity contribution >= 4 is 27.1 Å². The number of hydrogen-bond donors (Lipinski definition) is 0. The van der Waals surface area contributed by atoms with E-state index in [0.29, 0.717) is 0 Å². The Labute approximate surface area is 67.5 Å². The Hall–Kier alpha value is -0.520. The number of halogens is 2. The Balaban J connectivity index is 5.71. The van der Waals surface area contributed by atoms with Crippen LogP contribution in [0.2, 0.25) is 0 Å². The Morgan fingerprint density at radius 2 is 1.20 bits per heavy atom. The molecule has 0 aliphatic rings. The molecule has 0 radical (unpaired) electrons. The van der Waals surface area contributed by atoms with Gasteiger partial charge in [0.1, 0.15) is 0 Å². The van der Waals surface area contributed by atoms with Crippen LogP contribution in [0.3, 0.4) is 0 Å². The molecule has 0 fully saturated rings. The van der Waals surface area contributed by atoms with E-state index in [0.717, 1.165) is 6.66 Å². The maximum atomic E-state index is 8.41. The number of nitriles is 3. The van der Waals surface area contributed by atoms with Crippen molar-refractivity contribution in [1.29, 1.82) is 15.8 Å². The molecule has 0 aliphatic heterocycles. The number of hydrogen-bond acceptors (Lipinski definition) is 3. The van der Waals surface area contributed by atoms with E-state index < -0.39 is 4.65 Å². The molecule has 0 aromatic heterocycles. The van der Waals surface area contributed by atoms with E-state index >= 15 is 0 Å². The van der Waals surface area contributed by atoms with Gasteiger partial charge in [0.2, 0.25) is 0 Å². The fraction of sp³-hybridized carbons (Fsp3) is 0.250. The Kier molecular flexibility index (Phi) is 1.47. The molecule has 0 unspecified atom stereocenters. The predicted molar refractivity (Wildman–Crippen MR) is 41.4 cm³/mol. The summed E-state index contributed by atoms with van der Waals surface area (Å²) in [5.41, 5.74) is 0. The summed E-state index contributed by atoms with van der Waals surface area (Å²) in [5, 5.41) is 25.2. The van der Waals surface area contributed by atoms with Crippen molar-refractivity contribution in [3.05, 3.63) is 0 Å². The van der Waals surface area contributed by atoms with Gasteiger partial charge in [-0.1, -0.05) is 0 Å². The van der Waals surface area contributed by atoms with Crippen LogP contribution >= 0.6 is 27.1 Å². The second kappa shape index (κ2) is 1.55. The summed E-state index contributed by atoms with van der Waals surface area (Å²) in [6.45, 7) is 0.980. The first kappa shape index (κ1) is 9.48. The Morgan fingerprint density at radius 3 is 1.20 bits per heavy atom. The monoisotopic (exact) mass is 194 g/mol. The molecule has 0 saturated heterocycles. The summed E-state index contributed by atoms with van der Waals surface area (Å²) in [4.78, 5) is 0. The summed E-state index contributed by atoms with van der Waals surface area (Å²) in [7, 11) is 0. The van der Waals surface area contributed by atoms with Gasteiger partial charge in [-0.25, -0.2) is 0 Å². The van der Waals surface area contributed by atoms with E-state index in [-0.39, 0.29) is 0 Å². The first-order valence-corrected chi connectivity index (χ1v) is 7.07. The van der Waals surface area contributed by atoms with Crippen molar-refractivity contribution in [2.24, 2.45) is 0 Å². The van der Waals surface area contributed by atoms with E-state index in [9.17, 15) is 0 Å². The second-order valence-electron chi connectivity index (χ2n) is 2.22. The summed E-state index contributed by atoms with van der Waals surface area (Å²) in [6.07, 6.45) is 0. The molecule has 0 aromatic rings. The molecular formula is C4H3Cl2N3P-. The molecule has 0 spiro atoms. The van der Waals surface area contributed by atoms with E-state index in [2.05, 4.69) is 0 Å². The second-order valence-corrected chi connectivity index (χ2v) is 13.3. The van der Waals surface area contributed by atoms with Gasteiger partial charge in [-0.15, -0.1) is 0 Å². The molecule has 0 rings (SSSR count). The minimum absolute atomic E-state index is 0.980. The molecule has 0 saturated carbocycles. The molecule has 3 nitrogen and oxygen atoms in total. The molecule has 0 aliphatic carbocycles. The summed E-state index contributed by atoms with van der Waals surface area (Å²) in [6, 6.07) is 0. The van der Waals surface area contributed by atoms with E-state index in [1.165, 1.54) is 17.4 Å². The first-order valence-electron chi connectivity index (χ1n) is 2.13. The number of nitrogens with zero attached hydrogens (tertiary/aromatic N) is 3. The minimum atomic E-state index is -4.91. The van der Waals surface area contributed by atoms with Crippen molar-refractivity contribution in [2.45, 2.75) is 0 Å². The molecule has 10 heavy (non-hydrogen) atoms. The third-order valence-electron chi connectivity index (χ3n) is 0.827. The molecule has 0 amide bonds. The van der Waals surface area contributed by atoms with Crippen molar-refractivity contribution in [2.75, 3.05) is 6.66 Å². The molecule has 0 bridgehead atoms. The van der Waals surface area contributed by atoms with E-state index in [1.807, 2.05) is 0 Å². The molecule has 0 aromatic carbocycles. The van der Waals surface area contributed by atoms with E-state index in [1.54, 1.807) is 0 Å². The van der Waals surface area contributed by atoms with Crippen molar-refractivity contribution in [1.82, 2.24) is 0 Å². The van der Waals surface area contributed by atoms with Crippen LogP contribution in [0.15, 0.2) is 0 Å². The van der Waals surface area contributed by atoms with Crippen molar-refractivity contribution in [3.8, 4) is 17.4 Å². The van der Waals surface area contributed by atoms with E-state index in [4.69, 9.17) is 38.3 Å². The fourth-order valence-corrected chi connectivity index (χ4v) is 0.201.